The van der Waals surface area contributed by atoms with Gasteiger partial charge in [0.2, 0.25) is 0 Å². The SMILES string of the molecule is CC(C)c1c(/C=C/C2CC(O)CC(=O)O2)c(-c2ccc(F)cc2)nn2cccc12. The average molecular weight is 394 g/mol. The molecule has 0 aliphatic carbocycles. The van der Waals surface area contributed by atoms with Crippen LogP contribution in [-0.4, -0.2) is 32.9 Å². The van der Waals surface area contributed by atoms with Crippen LogP contribution in [0, 0.1) is 5.82 Å². The molecule has 29 heavy (non-hydrogen) atoms. The summed E-state index contributed by atoms with van der Waals surface area (Å²) in [5, 5.41) is 14.6. The second-order valence-corrected chi connectivity index (χ2v) is 7.66. The molecular weight excluding hydrogens is 371 g/mol. The number of esters is 1. The first kappa shape index (κ1) is 19.3. The molecule has 0 saturated carbocycles. The third kappa shape index (κ3) is 3.93. The van der Waals surface area contributed by atoms with Gasteiger partial charge in [-0.1, -0.05) is 19.9 Å². The van der Waals surface area contributed by atoms with E-state index in [1.54, 1.807) is 18.2 Å². The van der Waals surface area contributed by atoms with Gasteiger partial charge in [0.15, 0.2) is 0 Å². The Hall–Kier alpha value is -2.99. The van der Waals surface area contributed by atoms with E-state index in [0.717, 1.165) is 27.9 Å². The van der Waals surface area contributed by atoms with E-state index in [2.05, 4.69) is 13.8 Å². The largest absolute Gasteiger partial charge is 0.458 e. The molecule has 5 nitrogen and oxygen atoms in total. The van der Waals surface area contributed by atoms with Crippen LogP contribution in [0.4, 0.5) is 4.39 Å². The molecule has 1 aliphatic rings. The second kappa shape index (κ2) is 7.79. The first-order valence-electron chi connectivity index (χ1n) is 9.75. The van der Waals surface area contributed by atoms with Crippen LogP contribution < -0.4 is 0 Å². The predicted octanol–water partition coefficient (Wildman–Crippen LogP) is 4.34. The van der Waals surface area contributed by atoms with Gasteiger partial charge in [-0.25, -0.2) is 8.91 Å². The third-order valence-corrected chi connectivity index (χ3v) is 5.12. The average Bonchev–Trinajstić information content (AvgIpc) is 3.13. The van der Waals surface area contributed by atoms with E-state index in [0.29, 0.717) is 6.42 Å². The lowest BCUT2D eigenvalue weighted by molar-refractivity contribution is -0.156. The summed E-state index contributed by atoms with van der Waals surface area (Å²) in [5.74, 6) is -0.504. The number of carbonyl (C=O) groups excluding carboxylic acids is 1. The first-order chi connectivity index (χ1) is 13.9. The Morgan fingerprint density at radius 2 is 2.03 bits per heavy atom. The Kier molecular flexibility index (Phi) is 5.20. The number of cyclic esters (lactones) is 1. The molecule has 1 aromatic carbocycles. The van der Waals surface area contributed by atoms with Gasteiger partial charge in [-0.15, -0.1) is 0 Å². The predicted molar refractivity (Wildman–Crippen MR) is 109 cm³/mol. The van der Waals surface area contributed by atoms with Crippen molar-refractivity contribution in [3.63, 3.8) is 0 Å². The molecule has 3 aromatic rings. The molecule has 1 saturated heterocycles. The van der Waals surface area contributed by atoms with E-state index < -0.39 is 18.2 Å². The number of hydrogen-bond acceptors (Lipinski definition) is 4. The second-order valence-electron chi connectivity index (χ2n) is 7.66. The molecule has 3 heterocycles. The smallest absolute Gasteiger partial charge is 0.309 e. The number of hydrogen-bond donors (Lipinski definition) is 1. The van der Waals surface area contributed by atoms with Crippen LogP contribution in [-0.2, 0) is 9.53 Å². The maximum atomic E-state index is 13.5. The van der Waals surface area contributed by atoms with Crippen LogP contribution in [0.5, 0.6) is 0 Å². The molecule has 0 amide bonds. The molecule has 0 bridgehead atoms. The quantitative estimate of drug-likeness (QED) is 0.669. The minimum Gasteiger partial charge on any atom is -0.458 e. The minimum absolute atomic E-state index is 0.0279. The summed E-state index contributed by atoms with van der Waals surface area (Å²) in [4.78, 5) is 11.7. The van der Waals surface area contributed by atoms with E-state index in [4.69, 9.17) is 9.84 Å². The Labute approximate surface area is 168 Å². The Bertz CT molecular complexity index is 1070. The number of aliphatic hydroxyl groups excluding tert-OH is 1. The number of fused-ring (bicyclic) bond motifs is 1. The number of ether oxygens (including phenoxy) is 1. The minimum atomic E-state index is -0.696. The normalized spacial score (nSPS) is 20.0. The third-order valence-electron chi connectivity index (χ3n) is 5.12. The van der Waals surface area contributed by atoms with E-state index in [1.807, 2.05) is 28.9 Å². The number of rotatable bonds is 4. The molecule has 2 unspecified atom stereocenters. The highest BCUT2D eigenvalue weighted by Gasteiger charge is 2.26. The fourth-order valence-corrected chi connectivity index (χ4v) is 3.83. The summed E-state index contributed by atoms with van der Waals surface area (Å²) in [6.45, 7) is 4.22. The van der Waals surface area contributed by atoms with Gasteiger partial charge >= 0.3 is 5.97 Å². The molecule has 0 spiro atoms. The topological polar surface area (TPSA) is 63.8 Å². The molecule has 150 valence electrons. The standard InChI is InChI=1S/C23H23FN2O3/c1-14(2)22-19(10-9-18-12-17(27)13-21(28)29-18)23(15-5-7-16(24)8-6-15)25-26-11-3-4-20(22)26/h3-11,14,17-18,27H,12-13H2,1-2H3/b10-9+. The molecule has 1 N–H and O–H groups in total. The van der Waals surface area contributed by atoms with Crippen molar-refractivity contribution in [2.75, 3.05) is 0 Å². The molecule has 1 aliphatic heterocycles. The van der Waals surface area contributed by atoms with Crippen molar-refractivity contribution >= 4 is 17.6 Å². The zero-order valence-electron chi connectivity index (χ0n) is 16.4. The molecule has 1 fully saturated rings. The van der Waals surface area contributed by atoms with Crippen LogP contribution in [0.25, 0.3) is 22.9 Å². The number of aromatic nitrogens is 2. The lowest BCUT2D eigenvalue weighted by Crippen LogP contribution is -2.31. The van der Waals surface area contributed by atoms with Crippen molar-refractivity contribution in [3.05, 3.63) is 65.6 Å². The van der Waals surface area contributed by atoms with Crippen LogP contribution >= 0.6 is 0 Å². The van der Waals surface area contributed by atoms with Gasteiger partial charge in [0.1, 0.15) is 11.9 Å². The highest BCUT2D eigenvalue weighted by atomic mass is 19.1. The van der Waals surface area contributed by atoms with Gasteiger partial charge in [-0.2, -0.15) is 5.10 Å². The van der Waals surface area contributed by atoms with Crippen molar-refractivity contribution < 1.29 is 19.0 Å². The molecule has 2 atom stereocenters. The number of carbonyl (C=O) groups is 1. The highest BCUT2D eigenvalue weighted by molar-refractivity contribution is 5.79. The van der Waals surface area contributed by atoms with Gasteiger partial charge in [0.25, 0.3) is 0 Å². The molecule has 4 rings (SSSR count). The first-order valence-corrected chi connectivity index (χ1v) is 9.75. The van der Waals surface area contributed by atoms with Gasteiger partial charge in [0, 0.05) is 23.7 Å². The van der Waals surface area contributed by atoms with E-state index in [-0.39, 0.29) is 18.2 Å². The van der Waals surface area contributed by atoms with Gasteiger partial charge < -0.3 is 9.84 Å². The van der Waals surface area contributed by atoms with Crippen molar-refractivity contribution in [1.82, 2.24) is 9.61 Å². The van der Waals surface area contributed by atoms with Crippen molar-refractivity contribution in [3.8, 4) is 11.3 Å². The zero-order chi connectivity index (χ0) is 20.5. The van der Waals surface area contributed by atoms with Crippen LogP contribution in [0.3, 0.4) is 0 Å². The maximum absolute atomic E-state index is 13.5. The Balaban J connectivity index is 1.86. The zero-order valence-corrected chi connectivity index (χ0v) is 16.4. The monoisotopic (exact) mass is 394 g/mol. The lowest BCUT2D eigenvalue weighted by atomic mass is 9.92. The fourth-order valence-electron chi connectivity index (χ4n) is 3.83. The van der Waals surface area contributed by atoms with Crippen LogP contribution in [0.1, 0.15) is 43.7 Å². The van der Waals surface area contributed by atoms with Gasteiger partial charge in [-0.05, 0) is 54.0 Å². The van der Waals surface area contributed by atoms with Crippen molar-refractivity contribution in [2.45, 2.75) is 44.8 Å². The van der Waals surface area contributed by atoms with E-state index in [9.17, 15) is 14.3 Å². The summed E-state index contributed by atoms with van der Waals surface area (Å²) in [7, 11) is 0. The Morgan fingerprint density at radius 3 is 2.72 bits per heavy atom. The fraction of sp³-hybridized carbons (Fsp3) is 0.304. The summed E-state index contributed by atoms with van der Waals surface area (Å²) in [6.07, 6.45) is 4.81. The van der Waals surface area contributed by atoms with Gasteiger partial charge in [-0.3, -0.25) is 4.79 Å². The number of nitrogens with zero attached hydrogens (tertiary/aromatic N) is 2. The lowest BCUT2D eigenvalue weighted by Gasteiger charge is -2.24. The molecule has 6 heteroatoms. The molecule has 0 radical (unpaired) electrons. The van der Waals surface area contributed by atoms with Crippen LogP contribution in [0.2, 0.25) is 0 Å². The van der Waals surface area contributed by atoms with Crippen molar-refractivity contribution in [2.24, 2.45) is 0 Å². The Morgan fingerprint density at radius 1 is 1.28 bits per heavy atom. The molecular formula is C23H23FN2O3. The summed E-state index contributed by atoms with van der Waals surface area (Å²) in [5.41, 5.74) is 4.50. The number of benzene rings is 1. The van der Waals surface area contributed by atoms with E-state index >= 15 is 0 Å². The molecule has 2 aromatic heterocycles. The highest BCUT2D eigenvalue weighted by Crippen LogP contribution is 2.33. The van der Waals surface area contributed by atoms with Gasteiger partial charge in [0.05, 0.1) is 23.7 Å². The van der Waals surface area contributed by atoms with E-state index in [1.165, 1.54) is 12.1 Å². The van der Waals surface area contributed by atoms with Crippen LogP contribution in [0.15, 0.2) is 48.7 Å². The summed E-state index contributed by atoms with van der Waals surface area (Å²) < 4.78 is 20.6. The summed E-state index contributed by atoms with van der Waals surface area (Å²) in [6, 6.07) is 10.2. The van der Waals surface area contributed by atoms with Crippen molar-refractivity contribution in [1.29, 1.82) is 0 Å². The number of aliphatic hydroxyl groups is 1. The summed E-state index contributed by atoms with van der Waals surface area (Å²) >= 11 is 0. The number of halogens is 1. The maximum Gasteiger partial charge on any atom is 0.309 e.